The molecular formula is C15H14F2N6O. The number of halogens is 2. The van der Waals surface area contributed by atoms with Gasteiger partial charge in [-0.3, -0.25) is 5.10 Å². The number of aromatic amines is 1. The first-order chi connectivity index (χ1) is 11.5. The number of rotatable bonds is 5. The van der Waals surface area contributed by atoms with E-state index in [2.05, 4.69) is 30.5 Å². The second-order valence-corrected chi connectivity index (χ2v) is 5.56. The minimum Gasteiger partial charge on any atom is -0.358 e. The van der Waals surface area contributed by atoms with Crippen molar-refractivity contribution in [2.45, 2.75) is 19.9 Å². The number of pyridine rings is 1. The van der Waals surface area contributed by atoms with Gasteiger partial charge in [-0.15, -0.1) is 0 Å². The highest BCUT2D eigenvalue weighted by molar-refractivity contribution is 5.88. The molecule has 0 bridgehead atoms. The molecule has 0 fully saturated rings. The van der Waals surface area contributed by atoms with Crippen molar-refractivity contribution in [3.05, 3.63) is 30.1 Å². The number of carbonyl (C=O) groups excluding carboxylic acids is 1. The molecule has 3 rings (SSSR count). The number of nitrogens with one attached hydrogen (secondary N) is 2. The number of aldehydes is 1. The van der Waals surface area contributed by atoms with Crippen LogP contribution in [0.4, 0.5) is 14.6 Å². The maximum absolute atomic E-state index is 13.9. The largest absolute Gasteiger partial charge is 0.358 e. The van der Waals surface area contributed by atoms with Crippen molar-refractivity contribution in [3.63, 3.8) is 0 Å². The third kappa shape index (κ3) is 2.92. The van der Waals surface area contributed by atoms with Gasteiger partial charge in [-0.25, -0.2) is 23.7 Å². The van der Waals surface area contributed by atoms with E-state index in [1.807, 2.05) is 13.8 Å². The highest BCUT2D eigenvalue weighted by Crippen LogP contribution is 2.24. The van der Waals surface area contributed by atoms with E-state index in [0.717, 1.165) is 12.4 Å². The fourth-order valence-corrected chi connectivity index (χ4v) is 2.15. The second-order valence-electron chi connectivity index (χ2n) is 5.56. The Kier molecular flexibility index (Phi) is 4.15. The standard InChI is InChI=1S/C15H14F2N6O/c1-7(2)11(6-24)20-14-10(17)5-19-15(21-14)12-9-3-8(16)4-18-13(9)23-22-12/h3-7,11H,1-2H3,(H,18,22,23)(H,19,20,21). The molecular weight excluding hydrogens is 318 g/mol. The van der Waals surface area contributed by atoms with Crippen molar-refractivity contribution in [3.8, 4) is 11.5 Å². The van der Waals surface area contributed by atoms with Crippen molar-refractivity contribution in [1.29, 1.82) is 0 Å². The van der Waals surface area contributed by atoms with Gasteiger partial charge in [0.2, 0.25) is 0 Å². The molecule has 0 aliphatic rings. The maximum Gasteiger partial charge on any atom is 0.183 e. The predicted molar refractivity (Wildman–Crippen MR) is 83.1 cm³/mol. The molecule has 0 radical (unpaired) electrons. The zero-order valence-corrected chi connectivity index (χ0v) is 12.9. The van der Waals surface area contributed by atoms with E-state index in [0.29, 0.717) is 23.0 Å². The van der Waals surface area contributed by atoms with Crippen molar-refractivity contribution in [2.24, 2.45) is 5.92 Å². The molecule has 9 heteroatoms. The number of hydrogen-bond acceptors (Lipinski definition) is 6. The van der Waals surface area contributed by atoms with Crippen LogP contribution in [0, 0.1) is 17.6 Å². The highest BCUT2D eigenvalue weighted by Gasteiger charge is 2.18. The lowest BCUT2D eigenvalue weighted by Crippen LogP contribution is -2.28. The van der Waals surface area contributed by atoms with E-state index < -0.39 is 17.7 Å². The van der Waals surface area contributed by atoms with Crippen molar-refractivity contribution in [1.82, 2.24) is 25.1 Å². The zero-order valence-electron chi connectivity index (χ0n) is 12.9. The molecule has 24 heavy (non-hydrogen) atoms. The average Bonchev–Trinajstić information content (AvgIpc) is 2.96. The van der Waals surface area contributed by atoms with Gasteiger partial charge in [-0.2, -0.15) is 5.10 Å². The van der Waals surface area contributed by atoms with Gasteiger partial charge >= 0.3 is 0 Å². The summed E-state index contributed by atoms with van der Waals surface area (Å²) in [5, 5.41) is 9.73. The normalized spacial score (nSPS) is 12.5. The summed E-state index contributed by atoms with van der Waals surface area (Å²) >= 11 is 0. The van der Waals surface area contributed by atoms with Crippen molar-refractivity contribution < 1.29 is 13.6 Å². The van der Waals surface area contributed by atoms with E-state index in [9.17, 15) is 13.6 Å². The first-order valence-corrected chi connectivity index (χ1v) is 7.24. The summed E-state index contributed by atoms with van der Waals surface area (Å²) in [6.07, 6.45) is 2.71. The fraction of sp³-hybridized carbons (Fsp3) is 0.267. The summed E-state index contributed by atoms with van der Waals surface area (Å²) < 4.78 is 27.4. The summed E-state index contributed by atoms with van der Waals surface area (Å²) in [4.78, 5) is 22.9. The van der Waals surface area contributed by atoms with E-state index in [1.165, 1.54) is 6.07 Å². The number of aromatic nitrogens is 5. The minimum absolute atomic E-state index is 0.0494. The molecule has 2 N–H and O–H groups in total. The number of nitrogens with zero attached hydrogens (tertiary/aromatic N) is 4. The van der Waals surface area contributed by atoms with Crippen LogP contribution in [0.1, 0.15) is 13.8 Å². The van der Waals surface area contributed by atoms with Gasteiger partial charge in [-0.1, -0.05) is 13.8 Å². The first kappa shape index (κ1) is 15.9. The molecule has 0 saturated carbocycles. The quantitative estimate of drug-likeness (QED) is 0.696. The molecule has 1 unspecified atom stereocenters. The Morgan fingerprint density at radius 2 is 2.04 bits per heavy atom. The van der Waals surface area contributed by atoms with Crippen molar-refractivity contribution >= 4 is 23.1 Å². The minimum atomic E-state index is -0.695. The molecule has 0 aliphatic carbocycles. The first-order valence-electron chi connectivity index (χ1n) is 7.24. The summed E-state index contributed by atoms with van der Waals surface area (Å²) in [6.45, 7) is 3.64. The summed E-state index contributed by atoms with van der Waals surface area (Å²) in [5.74, 6) is -1.28. The molecule has 7 nitrogen and oxygen atoms in total. The molecule has 1 atom stereocenters. The Bertz CT molecular complexity index is 895. The summed E-state index contributed by atoms with van der Waals surface area (Å²) in [6, 6.07) is 0.642. The Balaban J connectivity index is 2.04. The van der Waals surface area contributed by atoms with Crippen LogP contribution in [0.3, 0.4) is 0 Å². The summed E-state index contributed by atoms with van der Waals surface area (Å²) in [7, 11) is 0. The van der Waals surface area contributed by atoms with Crippen LogP contribution in [0.25, 0.3) is 22.6 Å². The Labute approximate surface area is 135 Å². The number of H-pyrrole nitrogens is 1. The van der Waals surface area contributed by atoms with E-state index in [4.69, 9.17) is 0 Å². The van der Waals surface area contributed by atoms with Gasteiger partial charge < -0.3 is 10.1 Å². The molecule has 0 saturated heterocycles. The second kappa shape index (κ2) is 6.26. The third-order valence-electron chi connectivity index (χ3n) is 3.51. The molecule has 0 spiro atoms. The Morgan fingerprint density at radius 1 is 1.25 bits per heavy atom. The monoisotopic (exact) mass is 332 g/mol. The lowest BCUT2D eigenvalue weighted by atomic mass is 10.1. The van der Waals surface area contributed by atoms with Crippen LogP contribution < -0.4 is 5.32 Å². The van der Waals surface area contributed by atoms with Gasteiger partial charge in [0.15, 0.2) is 23.1 Å². The van der Waals surface area contributed by atoms with Crippen LogP contribution in [0.15, 0.2) is 18.5 Å². The lowest BCUT2D eigenvalue weighted by Gasteiger charge is -2.17. The molecule has 0 aliphatic heterocycles. The van der Waals surface area contributed by atoms with Crippen LogP contribution in [0.5, 0.6) is 0 Å². The zero-order chi connectivity index (χ0) is 17.3. The highest BCUT2D eigenvalue weighted by atomic mass is 19.1. The molecule has 3 aromatic heterocycles. The molecule has 124 valence electrons. The molecule has 0 aromatic carbocycles. The topological polar surface area (TPSA) is 96.5 Å². The average molecular weight is 332 g/mol. The Hall–Kier alpha value is -2.97. The number of carbonyl (C=O) groups is 1. The maximum atomic E-state index is 13.9. The molecule has 3 aromatic rings. The van der Waals surface area contributed by atoms with Crippen molar-refractivity contribution in [2.75, 3.05) is 5.32 Å². The van der Waals surface area contributed by atoms with E-state index in [1.54, 1.807) is 0 Å². The van der Waals surface area contributed by atoms with Crippen LogP contribution in [0.2, 0.25) is 0 Å². The third-order valence-corrected chi connectivity index (χ3v) is 3.51. The van der Waals surface area contributed by atoms with Crippen LogP contribution in [-0.4, -0.2) is 37.5 Å². The molecule has 0 amide bonds. The van der Waals surface area contributed by atoms with Gasteiger partial charge in [0.25, 0.3) is 0 Å². The van der Waals surface area contributed by atoms with E-state index in [-0.39, 0.29) is 17.6 Å². The smallest absolute Gasteiger partial charge is 0.183 e. The summed E-state index contributed by atoms with van der Waals surface area (Å²) in [5.41, 5.74) is 0.606. The molecule has 3 heterocycles. The SMILES string of the molecule is CC(C)C(C=O)Nc1nc(-c2[nH]nc3ncc(F)cc23)ncc1F. The van der Waals surface area contributed by atoms with Crippen LogP contribution >= 0.6 is 0 Å². The van der Waals surface area contributed by atoms with Gasteiger partial charge in [0, 0.05) is 0 Å². The van der Waals surface area contributed by atoms with E-state index >= 15 is 0 Å². The number of fused-ring (bicyclic) bond motifs is 1. The van der Waals surface area contributed by atoms with Gasteiger partial charge in [0.05, 0.1) is 23.8 Å². The van der Waals surface area contributed by atoms with Gasteiger partial charge in [-0.05, 0) is 12.0 Å². The predicted octanol–water partition coefficient (Wildman–Crippen LogP) is 2.33. The number of anilines is 1. The fourth-order valence-electron chi connectivity index (χ4n) is 2.15. The van der Waals surface area contributed by atoms with Crippen LogP contribution in [-0.2, 0) is 4.79 Å². The lowest BCUT2D eigenvalue weighted by molar-refractivity contribution is -0.109. The Morgan fingerprint density at radius 3 is 2.75 bits per heavy atom. The van der Waals surface area contributed by atoms with Gasteiger partial charge in [0.1, 0.15) is 17.8 Å². The number of hydrogen-bond donors (Lipinski definition) is 2.